The van der Waals surface area contributed by atoms with Crippen LogP contribution in [0.4, 0.5) is 4.79 Å². The molecule has 1 aromatic rings. The summed E-state index contributed by atoms with van der Waals surface area (Å²) in [6.07, 6.45) is 1.96. The first-order valence-corrected chi connectivity index (χ1v) is 7.19. The minimum absolute atomic E-state index is 0.00201. The number of aryl methyl sites for hydroxylation is 1. The van der Waals surface area contributed by atoms with Crippen LogP contribution in [0, 0.1) is 6.92 Å². The second kappa shape index (κ2) is 6.06. The van der Waals surface area contributed by atoms with Crippen LogP contribution in [0.25, 0.3) is 0 Å². The Hall–Kier alpha value is -1.56. The van der Waals surface area contributed by atoms with Crippen LogP contribution in [0.2, 0.25) is 0 Å². The topological polar surface area (TPSA) is 69.6 Å². The molecule has 0 radical (unpaired) electrons. The number of carbonyl (C=O) groups excluding carboxylic acids is 1. The van der Waals surface area contributed by atoms with Gasteiger partial charge in [0, 0.05) is 22.3 Å². The fraction of sp³-hybridized carbons (Fsp3) is 0.538. The van der Waals surface area contributed by atoms with E-state index in [1.165, 1.54) is 4.88 Å². The summed E-state index contributed by atoms with van der Waals surface area (Å²) in [7, 11) is 0. The summed E-state index contributed by atoms with van der Waals surface area (Å²) in [4.78, 5) is 26.6. The van der Waals surface area contributed by atoms with Crippen LogP contribution < -0.4 is 5.32 Å². The lowest BCUT2D eigenvalue weighted by atomic mass is 10.4. The maximum Gasteiger partial charge on any atom is 0.317 e. The van der Waals surface area contributed by atoms with Gasteiger partial charge in [-0.25, -0.2) is 4.79 Å². The summed E-state index contributed by atoms with van der Waals surface area (Å²) >= 11 is 1.66. The second-order valence-corrected chi connectivity index (χ2v) is 6.11. The third kappa shape index (κ3) is 4.24. The van der Waals surface area contributed by atoms with E-state index in [0.29, 0.717) is 6.54 Å². The lowest BCUT2D eigenvalue weighted by molar-refractivity contribution is -0.137. The molecule has 2 rings (SSSR count). The molecule has 1 aliphatic rings. The maximum atomic E-state index is 12.0. The van der Waals surface area contributed by atoms with Crippen LogP contribution in [-0.2, 0) is 11.3 Å². The third-order valence-corrected chi connectivity index (χ3v) is 4.03. The summed E-state index contributed by atoms with van der Waals surface area (Å²) in [6, 6.07) is 4.09. The van der Waals surface area contributed by atoms with Crippen molar-refractivity contribution in [3.63, 3.8) is 0 Å². The third-order valence-electron chi connectivity index (χ3n) is 3.02. The van der Waals surface area contributed by atoms with Crippen molar-refractivity contribution in [2.24, 2.45) is 0 Å². The normalized spacial score (nSPS) is 14.2. The van der Waals surface area contributed by atoms with Crippen molar-refractivity contribution in [2.75, 3.05) is 6.54 Å². The van der Waals surface area contributed by atoms with Crippen molar-refractivity contribution in [2.45, 2.75) is 38.8 Å². The van der Waals surface area contributed by atoms with Crippen molar-refractivity contribution in [1.82, 2.24) is 10.2 Å². The number of amides is 2. The highest BCUT2D eigenvalue weighted by Gasteiger charge is 2.32. The summed E-state index contributed by atoms with van der Waals surface area (Å²) in [5.74, 6) is -0.868. The van der Waals surface area contributed by atoms with E-state index in [9.17, 15) is 9.59 Å². The van der Waals surface area contributed by atoms with Gasteiger partial charge in [0.15, 0.2) is 0 Å². The Morgan fingerprint density at radius 2 is 2.21 bits per heavy atom. The van der Waals surface area contributed by atoms with E-state index in [4.69, 9.17) is 5.11 Å². The fourth-order valence-corrected chi connectivity index (χ4v) is 2.73. The molecule has 5 nitrogen and oxygen atoms in total. The van der Waals surface area contributed by atoms with Gasteiger partial charge in [-0.15, -0.1) is 11.3 Å². The van der Waals surface area contributed by atoms with Gasteiger partial charge < -0.3 is 15.3 Å². The van der Waals surface area contributed by atoms with Gasteiger partial charge in [-0.1, -0.05) is 0 Å². The highest BCUT2D eigenvalue weighted by Crippen LogP contribution is 2.27. The maximum absolute atomic E-state index is 12.0. The molecular weight excluding hydrogens is 264 g/mol. The van der Waals surface area contributed by atoms with Gasteiger partial charge in [-0.3, -0.25) is 4.79 Å². The highest BCUT2D eigenvalue weighted by atomic mass is 32.1. The second-order valence-electron chi connectivity index (χ2n) is 4.74. The average molecular weight is 282 g/mol. The van der Waals surface area contributed by atoms with E-state index < -0.39 is 5.97 Å². The SMILES string of the molecule is Cc1ccc(CNC(=O)N(CCC(=O)O)C2CC2)s1. The zero-order valence-electron chi connectivity index (χ0n) is 10.9. The molecule has 1 heterocycles. The number of rotatable bonds is 6. The molecule has 2 N–H and O–H groups in total. The van der Waals surface area contributed by atoms with Gasteiger partial charge in [-0.05, 0) is 31.9 Å². The summed E-state index contributed by atoms with van der Waals surface area (Å²) < 4.78 is 0. The van der Waals surface area contributed by atoms with Gasteiger partial charge in [0.05, 0.1) is 13.0 Å². The zero-order chi connectivity index (χ0) is 13.8. The first-order valence-electron chi connectivity index (χ1n) is 6.38. The first kappa shape index (κ1) is 13.9. The van der Waals surface area contributed by atoms with E-state index in [1.54, 1.807) is 16.2 Å². The van der Waals surface area contributed by atoms with Gasteiger partial charge >= 0.3 is 12.0 Å². The van der Waals surface area contributed by atoms with Crippen molar-refractivity contribution in [1.29, 1.82) is 0 Å². The van der Waals surface area contributed by atoms with Gasteiger partial charge in [0.2, 0.25) is 0 Å². The molecule has 6 heteroatoms. The van der Waals surface area contributed by atoms with Crippen LogP contribution in [0.3, 0.4) is 0 Å². The van der Waals surface area contributed by atoms with Crippen LogP contribution in [-0.4, -0.2) is 34.6 Å². The molecule has 0 aliphatic heterocycles. The predicted octanol–water partition coefficient (Wildman–Crippen LogP) is 2.21. The minimum Gasteiger partial charge on any atom is -0.481 e. The van der Waals surface area contributed by atoms with Crippen LogP contribution in [0.15, 0.2) is 12.1 Å². The lowest BCUT2D eigenvalue weighted by Crippen LogP contribution is -2.42. The van der Waals surface area contributed by atoms with Crippen molar-refractivity contribution >= 4 is 23.3 Å². The van der Waals surface area contributed by atoms with E-state index in [-0.39, 0.29) is 25.0 Å². The minimum atomic E-state index is -0.868. The summed E-state index contributed by atoms with van der Waals surface area (Å²) in [5.41, 5.74) is 0. The summed E-state index contributed by atoms with van der Waals surface area (Å²) in [6.45, 7) is 2.82. The van der Waals surface area contributed by atoms with Crippen molar-refractivity contribution in [3.05, 3.63) is 21.9 Å². The average Bonchev–Trinajstić information content (AvgIpc) is 3.09. The lowest BCUT2D eigenvalue weighted by Gasteiger charge is -2.21. The number of carbonyl (C=O) groups is 2. The molecule has 1 aromatic heterocycles. The molecule has 0 atom stereocenters. The fourth-order valence-electron chi connectivity index (χ4n) is 1.90. The molecule has 0 unspecified atom stereocenters. The van der Waals surface area contributed by atoms with E-state index >= 15 is 0 Å². The molecule has 1 fully saturated rings. The smallest absolute Gasteiger partial charge is 0.317 e. The van der Waals surface area contributed by atoms with Crippen LogP contribution in [0.1, 0.15) is 29.0 Å². The van der Waals surface area contributed by atoms with Crippen molar-refractivity contribution in [3.8, 4) is 0 Å². The molecule has 1 aliphatic carbocycles. The van der Waals surface area contributed by atoms with E-state index in [0.717, 1.165) is 17.7 Å². The molecule has 0 saturated heterocycles. The molecule has 0 spiro atoms. The number of thiophene rings is 1. The molecule has 0 bridgehead atoms. The number of aliphatic carboxylic acids is 1. The van der Waals surface area contributed by atoms with Gasteiger partial charge in [0.1, 0.15) is 0 Å². The number of carboxylic acids is 1. The molecular formula is C13H18N2O3S. The van der Waals surface area contributed by atoms with Crippen molar-refractivity contribution < 1.29 is 14.7 Å². The largest absolute Gasteiger partial charge is 0.481 e. The Labute approximate surface area is 116 Å². The molecule has 2 amide bonds. The summed E-state index contributed by atoms with van der Waals surface area (Å²) in [5, 5.41) is 11.6. The Bertz CT molecular complexity index is 468. The molecule has 19 heavy (non-hydrogen) atoms. The quantitative estimate of drug-likeness (QED) is 0.840. The number of nitrogens with zero attached hydrogens (tertiary/aromatic N) is 1. The Morgan fingerprint density at radius 3 is 2.74 bits per heavy atom. The molecule has 0 aromatic carbocycles. The number of hydrogen-bond donors (Lipinski definition) is 2. The zero-order valence-corrected chi connectivity index (χ0v) is 11.7. The van der Waals surface area contributed by atoms with E-state index in [1.807, 2.05) is 19.1 Å². The Morgan fingerprint density at radius 1 is 1.47 bits per heavy atom. The first-order chi connectivity index (χ1) is 9.06. The predicted molar refractivity (Wildman–Crippen MR) is 73.3 cm³/mol. The van der Waals surface area contributed by atoms with Crippen LogP contribution in [0.5, 0.6) is 0 Å². The van der Waals surface area contributed by atoms with Gasteiger partial charge in [-0.2, -0.15) is 0 Å². The highest BCUT2D eigenvalue weighted by molar-refractivity contribution is 7.11. The molecule has 1 saturated carbocycles. The monoisotopic (exact) mass is 282 g/mol. The number of carboxylic acid groups (broad SMARTS) is 1. The Kier molecular flexibility index (Phi) is 4.42. The van der Waals surface area contributed by atoms with E-state index in [2.05, 4.69) is 5.32 Å². The standard InChI is InChI=1S/C13H18N2O3S/c1-9-2-5-11(19-9)8-14-13(18)15(10-3-4-10)7-6-12(16)17/h2,5,10H,3-4,6-8H2,1H3,(H,14,18)(H,16,17). The van der Waals surface area contributed by atoms with Gasteiger partial charge in [0.25, 0.3) is 0 Å². The number of urea groups is 1. The van der Waals surface area contributed by atoms with Crippen LogP contribution >= 0.6 is 11.3 Å². The Balaban J connectivity index is 1.83. The molecule has 104 valence electrons. The number of hydrogen-bond acceptors (Lipinski definition) is 3. The number of nitrogens with one attached hydrogen (secondary N) is 1.